The van der Waals surface area contributed by atoms with Crippen molar-refractivity contribution in [2.75, 3.05) is 18.5 Å². The van der Waals surface area contributed by atoms with Crippen LogP contribution >= 0.6 is 22.9 Å². The van der Waals surface area contributed by atoms with E-state index in [4.69, 9.17) is 30.2 Å². The molecule has 3 rings (SSSR count). The van der Waals surface area contributed by atoms with Crippen molar-refractivity contribution in [2.45, 2.75) is 27.4 Å². The molecule has 0 spiro atoms. The van der Waals surface area contributed by atoms with Crippen LogP contribution in [0.2, 0.25) is 5.02 Å². The number of thiophene rings is 1. The van der Waals surface area contributed by atoms with E-state index in [0.29, 0.717) is 5.56 Å². The molecule has 13 heteroatoms. The van der Waals surface area contributed by atoms with Gasteiger partial charge in [-0.25, -0.2) is 9.59 Å². The summed E-state index contributed by atoms with van der Waals surface area (Å²) in [7, 11) is 0. The van der Waals surface area contributed by atoms with Crippen LogP contribution in [0.5, 0.6) is 5.75 Å². The third kappa shape index (κ3) is 6.01. The van der Waals surface area contributed by atoms with E-state index >= 15 is 0 Å². The maximum atomic E-state index is 12.8. The third-order valence-corrected chi connectivity index (χ3v) is 6.19. The second kappa shape index (κ2) is 11.7. The van der Waals surface area contributed by atoms with E-state index in [9.17, 15) is 24.5 Å². The Morgan fingerprint density at radius 3 is 2.47 bits per heavy atom. The molecule has 36 heavy (non-hydrogen) atoms. The van der Waals surface area contributed by atoms with Crippen molar-refractivity contribution in [1.29, 1.82) is 0 Å². The number of hydrogen-bond donors (Lipinski definition) is 1. The number of non-ortho nitro benzene ring substituents is 1. The molecule has 1 amide bonds. The minimum absolute atomic E-state index is 0.0497. The molecular formula is C23H21ClN2O9S. The highest BCUT2D eigenvalue weighted by Crippen LogP contribution is 2.35. The molecule has 0 saturated carbocycles. The highest BCUT2D eigenvalue weighted by molar-refractivity contribution is 7.18. The average molecular weight is 537 g/mol. The molecule has 0 aliphatic carbocycles. The van der Waals surface area contributed by atoms with Gasteiger partial charge in [-0.05, 0) is 44.5 Å². The van der Waals surface area contributed by atoms with Gasteiger partial charge in [0.1, 0.15) is 28.0 Å². The predicted octanol–water partition coefficient (Wildman–Crippen LogP) is 5.40. The van der Waals surface area contributed by atoms with Crippen molar-refractivity contribution in [1.82, 2.24) is 0 Å². The maximum Gasteiger partial charge on any atom is 0.348 e. The van der Waals surface area contributed by atoms with Crippen LogP contribution < -0.4 is 10.1 Å². The third-order valence-electron chi connectivity index (χ3n) is 4.70. The van der Waals surface area contributed by atoms with Gasteiger partial charge in [-0.15, -0.1) is 11.3 Å². The van der Waals surface area contributed by atoms with Crippen LogP contribution in [0.1, 0.15) is 55.8 Å². The largest absolute Gasteiger partial charge is 0.484 e. The molecule has 0 saturated heterocycles. The molecule has 190 valence electrons. The quantitative estimate of drug-likeness (QED) is 0.204. The van der Waals surface area contributed by atoms with Gasteiger partial charge in [0.05, 0.1) is 34.8 Å². The first kappa shape index (κ1) is 26.7. The first-order valence-electron chi connectivity index (χ1n) is 10.6. The Bertz CT molecular complexity index is 1310. The molecule has 2 aromatic heterocycles. The fraction of sp³-hybridized carbons (Fsp3) is 0.261. The van der Waals surface area contributed by atoms with Crippen LogP contribution in [-0.4, -0.2) is 36.0 Å². The molecule has 3 aromatic rings. The van der Waals surface area contributed by atoms with Crippen LogP contribution in [-0.2, 0) is 16.1 Å². The Hall–Kier alpha value is -3.90. The number of nitrogens with zero attached hydrogens (tertiary/aromatic N) is 1. The van der Waals surface area contributed by atoms with E-state index in [1.54, 1.807) is 20.8 Å². The lowest BCUT2D eigenvalue weighted by atomic mass is 10.1. The number of hydrogen-bond acceptors (Lipinski definition) is 10. The molecule has 1 N–H and O–H groups in total. The highest BCUT2D eigenvalue weighted by Gasteiger charge is 2.28. The maximum absolute atomic E-state index is 12.8. The fourth-order valence-corrected chi connectivity index (χ4v) is 4.31. The Morgan fingerprint density at radius 1 is 1.11 bits per heavy atom. The lowest BCUT2D eigenvalue weighted by molar-refractivity contribution is -0.384. The van der Waals surface area contributed by atoms with Crippen LogP contribution in [0, 0.1) is 17.0 Å². The SMILES string of the molecule is CCOC(=O)c1sc(NC(=O)c2ccc(COc3cc([N+](=O)[O-])ccc3Cl)o2)c(C(=O)OCC)c1C. The van der Waals surface area contributed by atoms with Gasteiger partial charge in [-0.3, -0.25) is 14.9 Å². The summed E-state index contributed by atoms with van der Waals surface area (Å²) in [6.07, 6.45) is 0. The van der Waals surface area contributed by atoms with Crippen molar-refractivity contribution < 1.29 is 37.9 Å². The predicted molar refractivity (Wildman–Crippen MR) is 130 cm³/mol. The zero-order chi connectivity index (χ0) is 26.4. The minimum Gasteiger partial charge on any atom is -0.484 e. The Labute approximate surface area is 214 Å². The van der Waals surface area contributed by atoms with Crippen molar-refractivity contribution in [3.8, 4) is 5.75 Å². The number of ether oxygens (including phenoxy) is 3. The standard InChI is InChI=1S/C23H21ClN2O9S/c1-4-32-22(28)18-12(3)19(23(29)33-5-2)36-21(18)25-20(27)16-9-7-14(35-16)11-34-17-10-13(26(30)31)6-8-15(17)24/h6-10H,4-5,11H2,1-3H3,(H,25,27). The lowest BCUT2D eigenvalue weighted by Crippen LogP contribution is -2.14. The number of amides is 1. The molecule has 0 unspecified atom stereocenters. The number of esters is 2. The normalized spacial score (nSPS) is 10.6. The first-order chi connectivity index (χ1) is 17.2. The van der Waals surface area contributed by atoms with Crippen molar-refractivity contribution >= 4 is 51.5 Å². The fourth-order valence-electron chi connectivity index (χ4n) is 3.05. The van der Waals surface area contributed by atoms with Crippen molar-refractivity contribution in [2.24, 2.45) is 0 Å². The summed E-state index contributed by atoms with van der Waals surface area (Å²) in [6.45, 7) is 4.94. The number of nitrogens with one attached hydrogen (secondary N) is 1. The molecule has 0 aliphatic rings. The van der Waals surface area contributed by atoms with Crippen LogP contribution in [0.3, 0.4) is 0 Å². The second-order valence-electron chi connectivity index (χ2n) is 7.08. The van der Waals surface area contributed by atoms with E-state index in [1.807, 2.05) is 0 Å². The summed E-state index contributed by atoms with van der Waals surface area (Å²) in [6, 6.07) is 6.63. The van der Waals surface area contributed by atoms with Crippen LogP contribution in [0.4, 0.5) is 10.7 Å². The van der Waals surface area contributed by atoms with Gasteiger partial charge >= 0.3 is 11.9 Å². The van der Waals surface area contributed by atoms with E-state index in [-0.39, 0.29) is 63.2 Å². The second-order valence-corrected chi connectivity index (χ2v) is 8.51. The van der Waals surface area contributed by atoms with Gasteiger partial charge in [0.2, 0.25) is 0 Å². The van der Waals surface area contributed by atoms with E-state index in [1.165, 1.54) is 30.3 Å². The molecule has 2 heterocycles. The summed E-state index contributed by atoms with van der Waals surface area (Å²) in [5.41, 5.74) is 0.183. The number of halogens is 1. The Kier molecular flexibility index (Phi) is 8.67. The number of nitro groups is 1. The summed E-state index contributed by atoms with van der Waals surface area (Å²) in [5.74, 6) is -1.78. The van der Waals surface area contributed by atoms with Gasteiger partial charge < -0.3 is 23.9 Å². The number of carbonyl (C=O) groups is 3. The molecule has 1 aromatic carbocycles. The number of rotatable bonds is 10. The molecule has 0 radical (unpaired) electrons. The molecule has 0 aliphatic heterocycles. The molecule has 0 bridgehead atoms. The average Bonchev–Trinajstić information content (AvgIpc) is 3.43. The monoisotopic (exact) mass is 536 g/mol. The van der Waals surface area contributed by atoms with Gasteiger partial charge in [0.15, 0.2) is 5.76 Å². The van der Waals surface area contributed by atoms with E-state index in [0.717, 1.165) is 11.3 Å². The van der Waals surface area contributed by atoms with Gasteiger partial charge in [0.25, 0.3) is 11.6 Å². The Balaban J connectivity index is 1.77. The van der Waals surface area contributed by atoms with Crippen molar-refractivity contribution in [3.05, 3.63) is 73.0 Å². The van der Waals surface area contributed by atoms with Crippen LogP contribution in [0.25, 0.3) is 0 Å². The number of furan rings is 1. The van der Waals surface area contributed by atoms with Crippen molar-refractivity contribution in [3.63, 3.8) is 0 Å². The van der Waals surface area contributed by atoms with Gasteiger partial charge in [-0.2, -0.15) is 0 Å². The number of anilines is 1. The zero-order valence-electron chi connectivity index (χ0n) is 19.4. The van der Waals surface area contributed by atoms with Gasteiger partial charge in [-0.1, -0.05) is 11.6 Å². The highest BCUT2D eigenvalue weighted by atomic mass is 35.5. The first-order valence-corrected chi connectivity index (χ1v) is 11.8. The number of carbonyl (C=O) groups excluding carboxylic acids is 3. The molecule has 0 atom stereocenters. The van der Waals surface area contributed by atoms with Gasteiger partial charge in [0, 0.05) is 6.07 Å². The molecule has 11 nitrogen and oxygen atoms in total. The number of benzene rings is 1. The summed E-state index contributed by atoms with van der Waals surface area (Å²) >= 11 is 6.91. The summed E-state index contributed by atoms with van der Waals surface area (Å²) in [4.78, 5) is 48.1. The lowest BCUT2D eigenvalue weighted by Gasteiger charge is -2.07. The zero-order valence-corrected chi connectivity index (χ0v) is 21.0. The summed E-state index contributed by atoms with van der Waals surface area (Å²) in [5, 5.41) is 13.8. The topological polar surface area (TPSA) is 147 Å². The minimum atomic E-state index is -0.695. The number of nitro benzene ring substituents is 1. The van der Waals surface area contributed by atoms with E-state index in [2.05, 4.69) is 5.32 Å². The van der Waals surface area contributed by atoms with Crippen LogP contribution in [0.15, 0.2) is 34.7 Å². The smallest absolute Gasteiger partial charge is 0.348 e. The summed E-state index contributed by atoms with van der Waals surface area (Å²) < 4.78 is 21.1. The molecule has 0 fully saturated rings. The Morgan fingerprint density at radius 2 is 1.81 bits per heavy atom. The molecular weight excluding hydrogens is 516 g/mol. The van der Waals surface area contributed by atoms with E-state index < -0.39 is 22.8 Å².